The van der Waals surface area contributed by atoms with E-state index in [1.54, 1.807) is 0 Å². The molecule has 5 nitrogen and oxygen atoms in total. The fraction of sp³-hybridized carbons (Fsp3) is 0.833. The maximum absolute atomic E-state index is 9.20. The molecule has 0 amide bonds. The molecule has 3 unspecified atom stereocenters. The van der Waals surface area contributed by atoms with Crippen LogP contribution in [0.25, 0.3) is 0 Å². The Labute approximate surface area is 64.1 Å². The lowest BCUT2D eigenvalue weighted by atomic mass is 10.1. The zero-order valence-corrected chi connectivity index (χ0v) is 6.21. The minimum atomic E-state index is -1.000. The Morgan fingerprint density at radius 1 is 1.55 bits per heavy atom. The Morgan fingerprint density at radius 2 is 2.18 bits per heavy atom. The number of nitrogens with zero attached hydrogens (tertiary/aromatic N) is 1. The van der Waals surface area contributed by atoms with Gasteiger partial charge >= 0.3 is 0 Å². The number of rotatable bonds is 2. The molecule has 0 saturated carbocycles. The van der Waals surface area contributed by atoms with E-state index in [1.165, 1.54) is 7.11 Å². The van der Waals surface area contributed by atoms with Gasteiger partial charge in [-0.3, -0.25) is 5.21 Å². The second-order valence-corrected chi connectivity index (χ2v) is 2.53. The molecule has 64 valence electrons. The molecule has 3 N–H and O–H groups in total. The van der Waals surface area contributed by atoms with Crippen LogP contribution in [0.2, 0.25) is 0 Å². The standard InChI is InChI=1S/C6H12NO4/c1-11-3-4-6(9)5(8)2-7(4)10/h2,4-6,8-10H,3H2,1H3/q+1. The van der Waals surface area contributed by atoms with Crippen molar-refractivity contribution < 1.29 is 24.9 Å². The molecule has 0 fully saturated rings. The van der Waals surface area contributed by atoms with Gasteiger partial charge in [-0.15, -0.1) is 0 Å². The van der Waals surface area contributed by atoms with E-state index in [0.717, 1.165) is 11.0 Å². The molecule has 0 spiro atoms. The third-order valence-electron chi connectivity index (χ3n) is 1.73. The molecule has 5 heteroatoms. The Bertz CT molecular complexity index is 170. The Kier molecular flexibility index (Phi) is 2.43. The van der Waals surface area contributed by atoms with Crippen molar-refractivity contribution >= 4 is 6.21 Å². The summed E-state index contributed by atoms with van der Waals surface area (Å²) in [7, 11) is 1.46. The lowest BCUT2D eigenvalue weighted by Gasteiger charge is -2.08. The molecule has 0 aromatic carbocycles. The van der Waals surface area contributed by atoms with Gasteiger partial charge < -0.3 is 14.9 Å². The summed E-state index contributed by atoms with van der Waals surface area (Å²) in [4.78, 5) is 0. The molecule has 0 aromatic heterocycles. The van der Waals surface area contributed by atoms with E-state index in [4.69, 9.17) is 15.1 Å². The van der Waals surface area contributed by atoms with Gasteiger partial charge in [0, 0.05) is 7.11 Å². The Balaban J connectivity index is 2.59. The first kappa shape index (κ1) is 8.45. The Hall–Kier alpha value is -0.650. The average molecular weight is 162 g/mol. The lowest BCUT2D eigenvalue weighted by molar-refractivity contribution is -0.795. The molecule has 1 heterocycles. The van der Waals surface area contributed by atoms with E-state index in [9.17, 15) is 5.11 Å². The van der Waals surface area contributed by atoms with Gasteiger partial charge in [-0.1, -0.05) is 0 Å². The summed E-state index contributed by atoms with van der Waals surface area (Å²) in [5, 5.41) is 27.2. The summed E-state index contributed by atoms with van der Waals surface area (Å²) in [5.74, 6) is 0. The predicted molar refractivity (Wildman–Crippen MR) is 35.8 cm³/mol. The first-order valence-corrected chi connectivity index (χ1v) is 3.34. The Morgan fingerprint density at radius 3 is 2.55 bits per heavy atom. The van der Waals surface area contributed by atoms with Crippen molar-refractivity contribution in [2.75, 3.05) is 13.7 Å². The van der Waals surface area contributed by atoms with Crippen LogP contribution < -0.4 is 0 Å². The van der Waals surface area contributed by atoms with Gasteiger partial charge in [0.15, 0.2) is 12.2 Å². The van der Waals surface area contributed by atoms with Crippen molar-refractivity contribution in [3.05, 3.63) is 0 Å². The molecular formula is C6H12NO4+. The monoisotopic (exact) mass is 162 g/mol. The van der Waals surface area contributed by atoms with Crippen LogP contribution in [0.1, 0.15) is 0 Å². The van der Waals surface area contributed by atoms with Crippen LogP contribution in [0.15, 0.2) is 0 Å². The number of aliphatic hydroxyl groups is 2. The number of methoxy groups -OCH3 is 1. The van der Waals surface area contributed by atoms with Crippen molar-refractivity contribution in [3.8, 4) is 0 Å². The van der Waals surface area contributed by atoms with Gasteiger partial charge in [-0.2, -0.15) is 0 Å². The quantitative estimate of drug-likeness (QED) is 0.331. The molecule has 11 heavy (non-hydrogen) atoms. The highest BCUT2D eigenvalue weighted by atomic mass is 16.5. The van der Waals surface area contributed by atoms with Crippen LogP contribution in [0, 0.1) is 0 Å². The van der Waals surface area contributed by atoms with Crippen molar-refractivity contribution in [1.82, 2.24) is 0 Å². The highest BCUT2D eigenvalue weighted by Gasteiger charge is 2.42. The van der Waals surface area contributed by atoms with E-state index < -0.39 is 18.2 Å². The molecule has 0 radical (unpaired) electrons. The molecule has 3 atom stereocenters. The molecule has 1 rings (SSSR count). The topological polar surface area (TPSA) is 72.9 Å². The third-order valence-corrected chi connectivity index (χ3v) is 1.73. The smallest absolute Gasteiger partial charge is 0.253 e. The molecule has 1 aliphatic heterocycles. The SMILES string of the molecule is COCC1C(O)C(O)C=[N+]1O. The summed E-state index contributed by atoms with van der Waals surface area (Å²) < 4.78 is 5.50. The van der Waals surface area contributed by atoms with Crippen molar-refractivity contribution in [3.63, 3.8) is 0 Å². The number of hydrogen-bond donors (Lipinski definition) is 3. The zero-order chi connectivity index (χ0) is 8.43. The van der Waals surface area contributed by atoms with Crippen molar-refractivity contribution in [1.29, 1.82) is 0 Å². The summed E-state index contributed by atoms with van der Waals surface area (Å²) in [6.45, 7) is 0.186. The predicted octanol–water partition coefficient (Wildman–Crippen LogP) is -1.79. The molecule has 0 bridgehead atoms. The summed E-state index contributed by atoms with van der Waals surface area (Å²) in [6, 6.07) is -0.560. The number of aliphatic hydroxyl groups excluding tert-OH is 2. The zero-order valence-electron chi connectivity index (χ0n) is 6.21. The van der Waals surface area contributed by atoms with Gasteiger partial charge in [0.1, 0.15) is 6.61 Å². The first-order valence-electron chi connectivity index (χ1n) is 3.34. The van der Waals surface area contributed by atoms with Crippen LogP contribution in [-0.2, 0) is 4.74 Å². The number of ether oxygens (including phenoxy) is 1. The van der Waals surface area contributed by atoms with E-state index >= 15 is 0 Å². The van der Waals surface area contributed by atoms with Gasteiger partial charge in [-0.25, -0.2) is 0 Å². The van der Waals surface area contributed by atoms with Crippen LogP contribution in [0.3, 0.4) is 0 Å². The van der Waals surface area contributed by atoms with Crippen LogP contribution in [0.5, 0.6) is 0 Å². The second-order valence-electron chi connectivity index (χ2n) is 2.53. The average Bonchev–Trinajstić information content (AvgIpc) is 2.17. The normalized spacial score (nSPS) is 37.4. The van der Waals surface area contributed by atoms with Gasteiger partial charge in [0.05, 0.1) is 0 Å². The summed E-state index contributed by atoms with van der Waals surface area (Å²) in [5.41, 5.74) is 0. The molecule has 0 aromatic rings. The molecule has 0 aliphatic carbocycles. The van der Waals surface area contributed by atoms with Gasteiger partial charge in [0.25, 0.3) is 6.04 Å². The minimum Gasteiger partial charge on any atom is -0.383 e. The van der Waals surface area contributed by atoms with Crippen LogP contribution in [0.4, 0.5) is 0 Å². The van der Waals surface area contributed by atoms with Crippen molar-refractivity contribution in [2.45, 2.75) is 18.2 Å². The highest BCUT2D eigenvalue weighted by Crippen LogP contribution is 2.08. The summed E-state index contributed by atoms with van der Waals surface area (Å²) >= 11 is 0. The highest BCUT2D eigenvalue weighted by molar-refractivity contribution is 5.60. The lowest BCUT2D eigenvalue weighted by Crippen LogP contribution is -2.38. The van der Waals surface area contributed by atoms with Gasteiger partial charge in [0.2, 0.25) is 6.21 Å². The van der Waals surface area contributed by atoms with E-state index in [0.29, 0.717) is 0 Å². The number of hydrogen-bond acceptors (Lipinski definition) is 4. The molecular weight excluding hydrogens is 150 g/mol. The number of hydroxylamine groups is 1. The minimum absolute atomic E-state index is 0.186. The van der Waals surface area contributed by atoms with E-state index in [1.807, 2.05) is 0 Å². The largest absolute Gasteiger partial charge is 0.383 e. The molecule has 0 saturated heterocycles. The van der Waals surface area contributed by atoms with Crippen molar-refractivity contribution in [2.24, 2.45) is 0 Å². The maximum Gasteiger partial charge on any atom is 0.253 e. The van der Waals surface area contributed by atoms with Gasteiger partial charge in [-0.05, 0) is 4.74 Å². The maximum atomic E-state index is 9.20. The fourth-order valence-corrected chi connectivity index (χ4v) is 1.09. The van der Waals surface area contributed by atoms with E-state index in [2.05, 4.69) is 0 Å². The van der Waals surface area contributed by atoms with E-state index in [-0.39, 0.29) is 6.61 Å². The van der Waals surface area contributed by atoms with Crippen LogP contribution >= 0.6 is 0 Å². The molecule has 1 aliphatic rings. The first-order chi connectivity index (χ1) is 5.16. The third kappa shape index (κ3) is 1.50. The second kappa shape index (κ2) is 3.17. The summed E-state index contributed by atoms with van der Waals surface area (Å²) in [6.07, 6.45) is -0.825. The van der Waals surface area contributed by atoms with Crippen LogP contribution in [-0.4, -0.2) is 58.3 Å². The fourth-order valence-electron chi connectivity index (χ4n) is 1.09.